The van der Waals surface area contributed by atoms with E-state index in [0.717, 1.165) is 12.0 Å². The Labute approximate surface area is 129 Å². The van der Waals surface area contributed by atoms with E-state index in [2.05, 4.69) is 37.0 Å². The van der Waals surface area contributed by atoms with Crippen LogP contribution >= 0.6 is 0 Å². The van der Waals surface area contributed by atoms with E-state index in [1.807, 2.05) is 12.1 Å². The van der Waals surface area contributed by atoms with Gasteiger partial charge in [-0.2, -0.15) is 0 Å². The summed E-state index contributed by atoms with van der Waals surface area (Å²) >= 11 is 0. The number of nitrogens with zero attached hydrogens (tertiary/aromatic N) is 2. The van der Waals surface area contributed by atoms with Crippen molar-refractivity contribution < 1.29 is 9.90 Å². The summed E-state index contributed by atoms with van der Waals surface area (Å²) < 4.78 is 1.64. The van der Waals surface area contributed by atoms with Gasteiger partial charge in [-0.05, 0) is 49.4 Å². The number of imidazole rings is 1. The number of pyridine rings is 1. The van der Waals surface area contributed by atoms with Crippen molar-refractivity contribution in [2.75, 3.05) is 0 Å². The standard InChI is InChI=1S/C18H18N2O2/c1-12-3-4-14(13(2)11-12)5-6-15-7-8-16-19-9-10-20(16)17(15)18(21)22/h3-4,7-11H,5-6H2,1-2H3,(H,21,22). The first-order valence-electron chi connectivity index (χ1n) is 7.30. The fraction of sp³-hybridized carbons (Fsp3) is 0.222. The maximum atomic E-state index is 11.6. The molecule has 0 saturated heterocycles. The van der Waals surface area contributed by atoms with Gasteiger partial charge in [-0.3, -0.25) is 4.40 Å². The Balaban J connectivity index is 1.93. The monoisotopic (exact) mass is 294 g/mol. The van der Waals surface area contributed by atoms with Crippen molar-refractivity contribution in [3.8, 4) is 0 Å². The molecule has 0 bridgehead atoms. The van der Waals surface area contributed by atoms with Crippen LogP contribution in [0.15, 0.2) is 42.7 Å². The minimum Gasteiger partial charge on any atom is -0.477 e. The molecule has 0 aliphatic rings. The lowest BCUT2D eigenvalue weighted by Gasteiger charge is -2.10. The number of carboxylic acid groups (broad SMARTS) is 1. The van der Waals surface area contributed by atoms with E-state index in [1.165, 1.54) is 16.7 Å². The molecule has 2 heterocycles. The van der Waals surface area contributed by atoms with Crippen LogP contribution in [0.2, 0.25) is 0 Å². The number of aromatic carboxylic acids is 1. The zero-order valence-corrected chi connectivity index (χ0v) is 12.7. The zero-order chi connectivity index (χ0) is 15.7. The molecule has 3 aromatic rings. The molecule has 0 amide bonds. The van der Waals surface area contributed by atoms with Crippen LogP contribution in [-0.4, -0.2) is 20.5 Å². The third-order valence-corrected chi connectivity index (χ3v) is 4.01. The number of aromatic nitrogens is 2. The predicted molar refractivity (Wildman–Crippen MR) is 85.5 cm³/mol. The van der Waals surface area contributed by atoms with Crippen LogP contribution in [0.5, 0.6) is 0 Å². The van der Waals surface area contributed by atoms with E-state index in [1.54, 1.807) is 16.8 Å². The number of hydrogen-bond donors (Lipinski definition) is 1. The quantitative estimate of drug-likeness (QED) is 0.802. The average Bonchev–Trinajstić information content (AvgIpc) is 2.93. The topological polar surface area (TPSA) is 54.6 Å². The number of benzene rings is 1. The molecule has 0 spiro atoms. The van der Waals surface area contributed by atoms with E-state index >= 15 is 0 Å². The fourth-order valence-electron chi connectivity index (χ4n) is 2.87. The van der Waals surface area contributed by atoms with Crippen molar-refractivity contribution in [2.24, 2.45) is 0 Å². The number of carboxylic acids is 1. The van der Waals surface area contributed by atoms with Gasteiger partial charge in [0.15, 0.2) is 0 Å². The average molecular weight is 294 g/mol. The van der Waals surface area contributed by atoms with E-state index in [0.29, 0.717) is 17.8 Å². The summed E-state index contributed by atoms with van der Waals surface area (Å²) in [6.07, 6.45) is 4.83. The van der Waals surface area contributed by atoms with Crippen molar-refractivity contribution in [1.82, 2.24) is 9.38 Å². The van der Waals surface area contributed by atoms with Crippen LogP contribution in [-0.2, 0) is 12.8 Å². The first-order valence-corrected chi connectivity index (χ1v) is 7.30. The largest absolute Gasteiger partial charge is 0.477 e. The van der Waals surface area contributed by atoms with Crippen LogP contribution in [0.4, 0.5) is 0 Å². The van der Waals surface area contributed by atoms with Gasteiger partial charge in [0, 0.05) is 12.4 Å². The van der Waals surface area contributed by atoms with Gasteiger partial charge in [0.2, 0.25) is 0 Å². The molecule has 4 heteroatoms. The number of carbonyl (C=O) groups is 1. The molecule has 22 heavy (non-hydrogen) atoms. The molecule has 112 valence electrons. The highest BCUT2D eigenvalue weighted by molar-refractivity contribution is 5.88. The molecular formula is C18H18N2O2. The Morgan fingerprint density at radius 3 is 2.59 bits per heavy atom. The fourth-order valence-corrected chi connectivity index (χ4v) is 2.87. The van der Waals surface area contributed by atoms with Gasteiger partial charge >= 0.3 is 5.97 Å². The summed E-state index contributed by atoms with van der Waals surface area (Å²) in [5.74, 6) is -0.917. The van der Waals surface area contributed by atoms with E-state index in [-0.39, 0.29) is 0 Å². The van der Waals surface area contributed by atoms with Gasteiger partial charge < -0.3 is 5.11 Å². The Morgan fingerprint density at radius 1 is 1.14 bits per heavy atom. The maximum Gasteiger partial charge on any atom is 0.353 e. The number of rotatable bonds is 4. The first-order chi connectivity index (χ1) is 10.6. The normalized spacial score (nSPS) is 11.0. The van der Waals surface area contributed by atoms with Crippen LogP contribution in [0, 0.1) is 13.8 Å². The van der Waals surface area contributed by atoms with Crippen LogP contribution in [0.25, 0.3) is 5.65 Å². The Morgan fingerprint density at radius 2 is 1.86 bits per heavy atom. The van der Waals surface area contributed by atoms with E-state index in [9.17, 15) is 9.90 Å². The van der Waals surface area contributed by atoms with E-state index < -0.39 is 5.97 Å². The molecule has 0 aliphatic heterocycles. The maximum absolute atomic E-state index is 11.6. The number of aryl methyl sites for hydroxylation is 4. The molecule has 0 fully saturated rings. The third kappa shape index (κ3) is 2.60. The smallest absolute Gasteiger partial charge is 0.353 e. The van der Waals surface area contributed by atoms with Crippen LogP contribution in [0.1, 0.15) is 32.7 Å². The molecule has 2 aromatic heterocycles. The van der Waals surface area contributed by atoms with Gasteiger partial charge in [-0.1, -0.05) is 29.8 Å². The summed E-state index contributed by atoms with van der Waals surface area (Å²) in [6.45, 7) is 4.17. The van der Waals surface area contributed by atoms with Gasteiger partial charge in [-0.25, -0.2) is 9.78 Å². The number of hydrogen-bond acceptors (Lipinski definition) is 2. The minimum absolute atomic E-state index is 0.305. The SMILES string of the molecule is Cc1ccc(CCc2ccc3nccn3c2C(=O)O)c(C)c1. The Kier molecular flexibility index (Phi) is 3.67. The lowest BCUT2D eigenvalue weighted by molar-refractivity contribution is 0.0687. The highest BCUT2D eigenvalue weighted by Gasteiger charge is 2.15. The third-order valence-electron chi connectivity index (χ3n) is 4.01. The molecule has 0 saturated carbocycles. The highest BCUT2D eigenvalue weighted by atomic mass is 16.4. The minimum atomic E-state index is -0.917. The lowest BCUT2D eigenvalue weighted by atomic mass is 9.98. The summed E-state index contributed by atoms with van der Waals surface area (Å²) in [5, 5.41) is 9.52. The number of fused-ring (bicyclic) bond motifs is 1. The second-order valence-corrected chi connectivity index (χ2v) is 5.60. The van der Waals surface area contributed by atoms with Crippen molar-refractivity contribution in [2.45, 2.75) is 26.7 Å². The van der Waals surface area contributed by atoms with Crippen molar-refractivity contribution in [1.29, 1.82) is 0 Å². The molecule has 1 N–H and O–H groups in total. The van der Waals surface area contributed by atoms with Gasteiger partial charge in [0.05, 0.1) is 0 Å². The molecule has 3 rings (SSSR count). The van der Waals surface area contributed by atoms with Crippen molar-refractivity contribution in [3.05, 3.63) is 70.7 Å². The van der Waals surface area contributed by atoms with Gasteiger partial charge in [-0.15, -0.1) is 0 Å². The molecule has 1 aromatic carbocycles. The molecule has 4 nitrogen and oxygen atoms in total. The Bertz CT molecular complexity index is 849. The van der Waals surface area contributed by atoms with Gasteiger partial charge in [0.1, 0.15) is 11.3 Å². The first kappa shape index (κ1) is 14.3. The Hall–Kier alpha value is -2.62. The molecule has 0 atom stereocenters. The second kappa shape index (κ2) is 5.64. The van der Waals surface area contributed by atoms with Crippen molar-refractivity contribution in [3.63, 3.8) is 0 Å². The van der Waals surface area contributed by atoms with Crippen LogP contribution in [0.3, 0.4) is 0 Å². The molecule has 0 aliphatic carbocycles. The zero-order valence-electron chi connectivity index (χ0n) is 12.7. The summed E-state index contributed by atoms with van der Waals surface area (Å²) in [7, 11) is 0. The van der Waals surface area contributed by atoms with Gasteiger partial charge in [0.25, 0.3) is 0 Å². The molecule has 0 unspecified atom stereocenters. The summed E-state index contributed by atoms with van der Waals surface area (Å²) in [4.78, 5) is 15.8. The van der Waals surface area contributed by atoms with E-state index in [4.69, 9.17) is 0 Å². The molecule has 0 radical (unpaired) electrons. The predicted octanol–water partition coefficient (Wildman–Crippen LogP) is 3.43. The highest BCUT2D eigenvalue weighted by Crippen LogP contribution is 2.18. The lowest BCUT2D eigenvalue weighted by Crippen LogP contribution is -2.10. The summed E-state index contributed by atoms with van der Waals surface area (Å²) in [6, 6.07) is 10.1. The second-order valence-electron chi connectivity index (χ2n) is 5.60. The van der Waals surface area contributed by atoms with Crippen molar-refractivity contribution >= 4 is 11.6 Å². The summed E-state index contributed by atoms with van der Waals surface area (Å²) in [5.41, 5.74) is 5.55. The van der Waals surface area contributed by atoms with Crippen LogP contribution < -0.4 is 0 Å². The molecular weight excluding hydrogens is 276 g/mol.